The summed E-state index contributed by atoms with van der Waals surface area (Å²) in [5, 5.41) is 12.6. The molecule has 0 aliphatic heterocycles. The van der Waals surface area contributed by atoms with Crippen LogP contribution in [0.2, 0.25) is 8.67 Å². The van der Waals surface area contributed by atoms with Crippen molar-refractivity contribution in [2.24, 2.45) is 5.92 Å². The summed E-state index contributed by atoms with van der Waals surface area (Å²) in [4.78, 5) is 0. The molecule has 0 radical (unpaired) electrons. The maximum absolute atomic E-state index is 9.18. The molecule has 0 spiro atoms. The van der Waals surface area contributed by atoms with Crippen LogP contribution in [0.1, 0.15) is 31.4 Å². The third-order valence-electron chi connectivity index (χ3n) is 3.07. The van der Waals surface area contributed by atoms with E-state index in [9.17, 15) is 5.11 Å². The Bertz CT molecular complexity index is 363. The molecule has 1 heterocycles. The van der Waals surface area contributed by atoms with Gasteiger partial charge in [-0.3, -0.25) is 0 Å². The molecule has 1 fully saturated rings. The van der Waals surface area contributed by atoms with E-state index in [1.54, 1.807) is 0 Å². The molecular weight excluding hydrogens is 265 g/mol. The molecule has 0 bridgehead atoms. The third-order valence-corrected chi connectivity index (χ3v) is 4.59. The number of rotatable bonds is 4. The normalized spacial score (nSPS) is 26.5. The Balaban J connectivity index is 1.83. The predicted molar refractivity (Wildman–Crippen MR) is 69.5 cm³/mol. The first kappa shape index (κ1) is 12.7. The van der Waals surface area contributed by atoms with Crippen molar-refractivity contribution < 1.29 is 5.11 Å². The van der Waals surface area contributed by atoms with Crippen LogP contribution in [0, 0.1) is 5.92 Å². The predicted octanol–water partition coefficient (Wildman–Crippen LogP) is 3.48. The summed E-state index contributed by atoms with van der Waals surface area (Å²) < 4.78 is 1.49. The lowest BCUT2D eigenvalue weighted by Gasteiger charge is -2.32. The molecule has 0 amide bonds. The van der Waals surface area contributed by atoms with Crippen LogP contribution in [0.15, 0.2) is 6.07 Å². The smallest absolute Gasteiger partial charge is 0.0991 e. The highest BCUT2D eigenvalue weighted by Crippen LogP contribution is 2.35. The van der Waals surface area contributed by atoms with Crippen molar-refractivity contribution in [1.29, 1.82) is 0 Å². The molecule has 90 valence electrons. The van der Waals surface area contributed by atoms with E-state index in [1.165, 1.54) is 11.3 Å². The van der Waals surface area contributed by atoms with Crippen molar-refractivity contribution in [3.05, 3.63) is 20.3 Å². The number of halogens is 2. The van der Waals surface area contributed by atoms with Gasteiger partial charge in [0, 0.05) is 6.04 Å². The van der Waals surface area contributed by atoms with Gasteiger partial charge in [-0.15, -0.1) is 11.3 Å². The first-order valence-electron chi connectivity index (χ1n) is 5.42. The molecule has 2 rings (SSSR count). The van der Waals surface area contributed by atoms with E-state index >= 15 is 0 Å². The van der Waals surface area contributed by atoms with Gasteiger partial charge >= 0.3 is 0 Å². The standard InChI is InChI=1S/C11H15Cl2NOS/c1-6(9-4-10(12)16-11(9)13)14-5-7-2-8(15)3-7/h4,6-8,14-15H,2-3,5H2,1H3. The first-order valence-corrected chi connectivity index (χ1v) is 6.99. The fourth-order valence-corrected chi connectivity index (χ4v) is 3.61. The number of nitrogens with one attached hydrogen (secondary N) is 1. The number of aliphatic hydroxyl groups excluding tert-OH is 1. The van der Waals surface area contributed by atoms with Gasteiger partial charge in [-0.05, 0) is 43.9 Å². The highest BCUT2D eigenvalue weighted by molar-refractivity contribution is 7.20. The second-order valence-electron chi connectivity index (χ2n) is 4.40. The van der Waals surface area contributed by atoms with Crippen LogP contribution in [0.5, 0.6) is 0 Å². The van der Waals surface area contributed by atoms with E-state index in [0.717, 1.165) is 33.6 Å². The van der Waals surface area contributed by atoms with Gasteiger partial charge < -0.3 is 10.4 Å². The van der Waals surface area contributed by atoms with Crippen LogP contribution in [0.4, 0.5) is 0 Å². The van der Waals surface area contributed by atoms with E-state index in [4.69, 9.17) is 23.2 Å². The summed E-state index contributed by atoms with van der Waals surface area (Å²) in [6, 6.07) is 2.14. The van der Waals surface area contributed by atoms with Gasteiger partial charge in [0.15, 0.2) is 0 Å². The Kier molecular flexibility index (Phi) is 4.14. The zero-order chi connectivity index (χ0) is 11.7. The van der Waals surface area contributed by atoms with Crippen LogP contribution in [0.3, 0.4) is 0 Å². The largest absolute Gasteiger partial charge is 0.393 e. The second kappa shape index (κ2) is 5.23. The molecule has 1 aromatic heterocycles. The van der Waals surface area contributed by atoms with Gasteiger partial charge in [0.05, 0.1) is 14.8 Å². The Morgan fingerprint density at radius 1 is 1.56 bits per heavy atom. The molecule has 1 atom stereocenters. The zero-order valence-corrected chi connectivity index (χ0v) is 11.4. The van der Waals surface area contributed by atoms with Crippen LogP contribution in [0.25, 0.3) is 0 Å². The Labute approximate surface area is 110 Å². The van der Waals surface area contributed by atoms with Crippen LogP contribution in [-0.4, -0.2) is 17.8 Å². The maximum Gasteiger partial charge on any atom is 0.0991 e. The Morgan fingerprint density at radius 2 is 2.25 bits per heavy atom. The molecule has 1 saturated carbocycles. The summed E-state index contributed by atoms with van der Waals surface area (Å²) >= 11 is 13.4. The van der Waals surface area contributed by atoms with Gasteiger partial charge in [-0.25, -0.2) is 0 Å². The fraction of sp³-hybridized carbons (Fsp3) is 0.636. The van der Waals surface area contributed by atoms with Crippen LogP contribution >= 0.6 is 34.5 Å². The summed E-state index contributed by atoms with van der Waals surface area (Å²) in [5.41, 5.74) is 1.07. The number of aliphatic hydroxyl groups is 1. The van der Waals surface area contributed by atoms with Crippen molar-refractivity contribution in [3.63, 3.8) is 0 Å². The Morgan fingerprint density at radius 3 is 2.75 bits per heavy atom. The van der Waals surface area contributed by atoms with Crippen molar-refractivity contribution in [3.8, 4) is 0 Å². The molecule has 1 aliphatic carbocycles. The molecular formula is C11H15Cl2NOS. The van der Waals surface area contributed by atoms with Crippen LogP contribution < -0.4 is 5.32 Å². The Hall–Kier alpha value is 0.200. The van der Waals surface area contributed by atoms with Crippen molar-refractivity contribution in [2.75, 3.05) is 6.54 Å². The number of hydrogen-bond donors (Lipinski definition) is 2. The van der Waals surface area contributed by atoms with Gasteiger partial charge in [-0.1, -0.05) is 23.2 Å². The van der Waals surface area contributed by atoms with Gasteiger partial charge in [-0.2, -0.15) is 0 Å². The summed E-state index contributed by atoms with van der Waals surface area (Å²) in [7, 11) is 0. The second-order valence-corrected chi connectivity index (χ2v) is 6.69. The van der Waals surface area contributed by atoms with E-state index < -0.39 is 0 Å². The van der Waals surface area contributed by atoms with Crippen molar-refractivity contribution in [2.45, 2.75) is 31.9 Å². The highest BCUT2D eigenvalue weighted by atomic mass is 35.5. The summed E-state index contributed by atoms with van der Waals surface area (Å²) in [6.45, 7) is 3.02. The fourth-order valence-electron chi connectivity index (χ4n) is 1.97. The molecule has 1 unspecified atom stereocenters. The minimum atomic E-state index is -0.0821. The van der Waals surface area contributed by atoms with E-state index in [2.05, 4.69) is 12.2 Å². The molecule has 0 saturated heterocycles. The quantitative estimate of drug-likeness (QED) is 0.885. The monoisotopic (exact) mass is 279 g/mol. The molecule has 0 aromatic carbocycles. The van der Waals surface area contributed by atoms with Crippen molar-refractivity contribution in [1.82, 2.24) is 5.32 Å². The lowest BCUT2D eigenvalue weighted by atomic mass is 9.82. The average molecular weight is 280 g/mol. The molecule has 5 heteroatoms. The van der Waals surface area contributed by atoms with E-state index in [0.29, 0.717) is 5.92 Å². The third kappa shape index (κ3) is 2.90. The van der Waals surface area contributed by atoms with Gasteiger partial charge in [0.1, 0.15) is 0 Å². The first-order chi connectivity index (χ1) is 7.56. The number of hydrogen-bond acceptors (Lipinski definition) is 3. The topological polar surface area (TPSA) is 32.3 Å². The summed E-state index contributed by atoms with van der Waals surface area (Å²) in [5.74, 6) is 0.602. The number of thiophene rings is 1. The van der Waals surface area contributed by atoms with Gasteiger partial charge in [0.2, 0.25) is 0 Å². The maximum atomic E-state index is 9.18. The van der Waals surface area contributed by atoms with Gasteiger partial charge in [0.25, 0.3) is 0 Å². The van der Waals surface area contributed by atoms with Crippen LogP contribution in [-0.2, 0) is 0 Å². The molecule has 1 aliphatic rings. The molecule has 1 aromatic rings. The SMILES string of the molecule is CC(NCC1CC(O)C1)c1cc(Cl)sc1Cl. The van der Waals surface area contributed by atoms with E-state index in [-0.39, 0.29) is 12.1 Å². The van der Waals surface area contributed by atoms with Crippen molar-refractivity contribution >= 4 is 34.5 Å². The average Bonchev–Trinajstić information content (AvgIpc) is 2.50. The summed E-state index contributed by atoms with van der Waals surface area (Å²) in [6.07, 6.45) is 1.75. The minimum Gasteiger partial charge on any atom is -0.393 e. The zero-order valence-electron chi connectivity index (χ0n) is 9.04. The molecule has 16 heavy (non-hydrogen) atoms. The lowest BCUT2D eigenvalue weighted by molar-refractivity contribution is 0.0421. The highest BCUT2D eigenvalue weighted by Gasteiger charge is 2.27. The molecule has 2 N–H and O–H groups in total. The molecule has 2 nitrogen and oxygen atoms in total. The lowest BCUT2D eigenvalue weighted by Crippen LogP contribution is -2.36. The minimum absolute atomic E-state index is 0.0821. The van der Waals surface area contributed by atoms with E-state index in [1.807, 2.05) is 6.07 Å².